The lowest BCUT2D eigenvalue weighted by Crippen LogP contribution is -2.17. The molecule has 1 aromatic heterocycles. The molecule has 6 heteroatoms. The lowest BCUT2D eigenvalue weighted by atomic mass is 10.2. The van der Waals surface area contributed by atoms with Crippen molar-refractivity contribution in [2.24, 2.45) is 4.99 Å². The number of phenols is 3. The number of pyridine rings is 1. The van der Waals surface area contributed by atoms with Gasteiger partial charge in [-0.05, 0) is 18.2 Å². The Morgan fingerprint density at radius 1 is 1.10 bits per heavy atom. The van der Waals surface area contributed by atoms with E-state index in [1.54, 1.807) is 6.20 Å². The van der Waals surface area contributed by atoms with Crippen LogP contribution in [0.5, 0.6) is 17.2 Å². The van der Waals surface area contributed by atoms with E-state index in [0.29, 0.717) is 25.2 Å². The summed E-state index contributed by atoms with van der Waals surface area (Å²) in [6.45, 7) is 1.85. The van der Waals surface area contributed by atoms with Crippen LogP contribution in [0.4, 0.5) is 0 Å². The molecule has 110 valence electrons. The van der Waals surface area contributed by atoms with Crippen LogP contribution in [0.1, 0.15) is 11.3 Å². The number of hydrogen-bond acceptors (Lipinski definition) is 6. The zero-order chi connectivity index (χ0) is 15.1. The Morgan fingerprint density at radius 3 is 2.67 bits per heavy atom. The minimum Gasteiger partial charge on any atom is -0.507 e. The Balaban J connectivity index is 1.77. The van der Waals surface area contributed by atoms with Crippen LogP contribution in [-0.4, -0.2) is 39.6 Å². The predicted octanol–water partition coefficient (Wildman–Crippen LogP) is 1.41. The van der Waals surface area contributed by atoms with Crippen LogP contribution in [0.3, 0.4) is 0 Å². The Bertz CT molecular complexity index is 615. The lowest BCUT2D eigenvalue weighted by Gasteiger charge is -2.03. The molecule has 0 amide bonds. The van der Waals surface area contributed by atoms with Crippen LogP contribution in [0, 0.1) is 0 Å². The maximum atomic E-state index is 9.58. The van der Waals surface area contributed by atoms with Crippen LogP contribution < -0.4 is 5.32 Å². The molecule has 0 saturated carbocycles. The maximum Gasteiger partial charge on any atom is 0.161 e. The molecule has 1 aromatic carbocycles. The van der Waals surface area contributed by atoms with Gasteiger partial charge in [-0.3, -0.25) is 9.98 Å². The first-order valence-electron chi connectivity index (χ1n) is 6.52. The molecule has 21 heavy (non-hydrogen) atoms. The molecular weight excluding hydrogens is 270 g/mol. The van der Waals surface area contributed by atoms with Gasteiger partial charge in [0.05, 0.1) is 12.2 Å². The molecule has 0 fully saturated rings. The van der Waals surface area contributed by atoms with Crippen molar-refractivity contribution in [3.63, 3.8) is 0 Å². The molecular formula is C15H17N3O3. The molecule has 0 atom stereocenters. The molecule has 0 aliphatic carbocycles. The van der Waals surface area contributed by atoms with Crippen LogP contribution >= 0.6 is 0 Å². The van der Waals surface area contributed by atoms with Crippen molar-refractivity contribution in [3.8, 4) is 17.2 Å². The molecule has 6 nitrogen and oxygen atoms in total. The topological polar surface area (TPSA) is 98.0 Å². The highest BCUT2D eigenvalue weighted by molar-refractivity contribution is 5.84. The Kier molecular flexibility index (Phi) is 5.11. The van der Waals surface area contributed by atoms with E-state index in [1.165, 1.54) is 12.3 Å². The van der Waals surface area contributed by atoms with Gasteiger partial charge < -0.3 is 20.6 Å². The van der Waals surface area contributed by atoms with Gasteiger partial charge in [0.1, 0.15) is 5.75 Å². The van der Waals surface area contributed by atoms with E-state index in [-0.39, 0.29) is 17.2 Å². The number of aromatic hydroxyl groups is 3. The van der Waals surface area contributed by atoms with Crippen LogP contribution in [-0.2, 0) is 6.54 Å². The summed E-state index contributed by atoms with van der Waals surface area (Å²) >= 11 is 0. The first-order valence-corrected chi connectivity index (χ1v) is 6.52. The number of aliphatic imine (C=N–C) groups is 1. The number of nitrogens with one attached hydrogen (secondary N) is 1. The van der Waals surface area contributed by atoms with E-state index < -0.39 is 0 Å². The summed E-state index contributed by atoms with van der Waals surface area (Å²) in [6.07, 6.45) is 3.20. The third-order valence-corrected chi connectivity index (χ3v) is 2.80. The highest BCUT2D eigenvalue weighted by Gasteiger charge is 2.05. The Labute approximate surface area is 122 Å². The SMILES string of the molecule is Oc1cc(O)c(C=NCCNCc2ccccn2)cc1O. The standard InChI is InChI=1S/C15H17N3O3/c19-13-8-15(21)14(20)7-11(13)9-16-5-6-17-10-12-3-1-2-4-18-12/h1-4,7-9,17,19-21H,5-6,10H2. The van der Waals surface area contributed by atoms with Gasteiger partial charge in [0, 0.05) is 37.1 Å². The van der Waals surface area contributed by atoms with E-state index in [1.807, 2.05) is 18.2 Å². The van der Waals surface area contributed by atoms with Gasteiger partial charge in [-0.15, -0.1) is 0 Å². The molecule has 4 N–H and O–H groups in total. The number of phenolic OH excluding ortho intramolecular Hbond substituents is 3. The van der Waals surface area contributed by atoms with E-state index in [9.17, 15) is 15.3 Å². The number of aromatic nitrogens is 1. The lowest BCUT2D eigenvalue weighted by molar-refractivity contribution is 0.396. The molecule has 0 bridgehead atoms. The first kappa shape index (κ1) is 14.8. The zero-order valence-corrected chi connectivity index (χ0v) is 11.4. The van der Waals surface area contributed by atoms with Crippen molar-refractivity contribution in [3.05, 3.63) is 47.8 Å². The smallest absolute Gasteiger partial charge is 0.161 e. The summed E-state index contributed by atoms with van der Waals surface area (Å²) in [5.74, 6) is -0.778. The van der Waals surface area contributed by atoms with Crippen molar-refractivity contribution >= 4 is 6.21 Å². The second-order valence-corrected chi connectivity index (χ2v) is 4.43. The van der Waals surface area contributed by atoms with Gasteiger partial charge in [0.2, 0.25) is 0 Å². The van der Waals surface area contributed by atoms with Crippen molar-refractivity contribution < 1.29 is 15.3 Å². The van der Waals surface area contributed by atoms with Gasteiger partial charge in [0.15, 0.2) is 11.5 Å². The van der Waals surface area contributed by atoms with Crippen LogP contribution in [0.25, 0.3) is 0 Å². The number of hydrogen-bond donors (Lipinski definition) is 4. The number of benzene rings is 1. The minimum absolute atomic E-state index is 0.129. The summed E-state index contributed by atoms with van der Waals surface area (Å²) in [5, 5.41) is 31.3. The summed E-state index contributed by atoms with van der Waals surface area (Å²) in [7, 11) is 0. The third-order valence-electron chi connectivity index (χ3n) is 2.80. The molecule has 0 aliphatic heterocycles. The quantitative estimate of drug-likeness (QED) is 0.279. The van der Waals surface area contributed by atoms with E-state index in [0.717, 1.165) is 11.8 Å². The molecule has 0 spiro atoms. The van der Waals surface area contributed by atoms with E-state index in [4.69, 9.17) is 0 Å². The predicted molar refractivity (Wildman–Crippen MR) is 79.8 cm³/mol. The summed E-state index contributed by atoms with van der Waals surface area (Å²) in [4.78, 5) is 8.33. The summed E-state index contributed by atoms with van der Waals surface area (Å²) < 4.78 is 0. The average molecular weight is 287 g/mol. The monoisotopic (exact) mass is 287 g/mol. The molecule has 1 heterocycles. The van der Waals surface area contributed by atoms with Crippen molar-refractivity contribution in [1.29, 1.82) is 0 Å². The summed E-state index contributed by atoms with van der Waals surface area (Å²) in [6, 6.07) is 8.08. The highest BCUT2D eigenvalue weighted by atomic mass is 16.3. The fourth-order valence-electron chi connectivity index (χ4n) is 1.71. The second kappa shape index (κ2) is 7.25. The van der Waals surface area contributed by atoms with Crippen LogP contribution in [0.15, 0.2) is 41.5 Å². The van der Waals surface area contributed by atoms with Gasteiger partial charge in [0.25, 0.3) is 0 Å². The van der Waals surface area contributed by atoms with Crippen molar-refractivity contribution in [1.82, 2.24) is 10.3 Å². The second-order valence-electron chi connectivity index (χ2n) is 4.43. The van der Waals surface area contributed by atoms with Crippen molar-refractivity contribution in [2.45, 2.75) is 6.54 Å². The highest BCUT2D eigenvalue weighted by Crippen LogP contribution is 2.31. The third kappa shape index (κ3) is 4.47. The fourth-order valence-corrected chi connectivity index (χ4v) is 1.71. The summed E-state index contributed by atoms with van der Waals surface area (Å²) in [5.41, 5.74) is 1.32. The molecule has 2 rings (SSSR count). The largest absolute Gasteiger partial charge is 0.507 e. The maximum absolute atomic E-state index is 9.58. The molecule has 0 aliphatic rings. The Morgan fingerprint density at radius 2 is 1.90 bits per heavy atom. The normalized spacial score (nSPS) is 11.0. The number of nitrogens with zero attached hydrogens (tertiary/aromatic N) is 2. The van der Waals surface area contributed by atoms with Crippen LogP contribution in [0.2, 0.25) is 0 Å². The van der Waals surface area contributed by atoms with Gasteiger partial charge in [-0.2, -0.15) is 0 Å². The van der Waals surface area contributed by atoms with E-state index in [2.05, 4.69) is 15.3 Å². The van der Waals surface area contributed by atoms with Crippen molar-refractivity contribution in [2.75, 3.05) is 13.1 Å². The number of rotatable bonds is 6. The van der Waals surface area contributed by atoms with E-state index >= 15 is 0 Å². The molecule has 0 unspecified atom stereocenters. The Hall–Kier alpha value is -2.60. The first-order chi connectivity index (χ1) is 10.2. The zero-order valence-electron chi connectivity index (χ0n) is 11.4. The fraction of sp³-hybridized carbons (Fsp3) is 0.200. The molecule has 0 saturated heterocycles. The van der Waals surface area contributed by atoms with Gasteiger partial charge in [-0.25, -0.2) is 0 Å². The minimum atomic E-state index is -0.360. The van der Waals surface area contributed by atoms with Gasteiger partial charge in [-0.1, -0.05) is 6.07 Å². The average Bonchev–Trinajstić information content (AvgIpc) is 2.49. The molecule has 2 aromatic rings. The molecule has 0 radical (unpaired) electrons. The van der Waals surface area contributed by atoms with Gasteiger partial charge >= 0.3 is 0 Å².